The molecule has 2 heterocycles. The SMILES string of the molecule is CN1/C(=C\C=C2/CCCC(/C=C/C3=[N+](C)c4ccc5ccccc5c4C3(C)C)C2Cl)C(C)(C)c2c1ccc1ccccc21. The number of hydrogen-bond acceptors (Lipinski definition) is 1. The summed E-state index contributed by atoms with van der Waals surface area (Å²) in [6.45, 7) is 9.43. The first kappa shape index (κ1) is 28.2. The summed E-state index contributed by atoms with van der Waals surface area (Å²) in [5.41, 5.74) is 9.27. The average molecular weight is 586 g/mol. The second kappa shape index (κ2) is 10.2. The van der Waals surface area contributed by atoms with Gasteiger partial charge in [0.1, 0.15) is 7.05 Å². The van der Waals surface area contributed by atoms with E-state index >= 15 is 0 Å². The summed E-state index contributed by atoms with van der Waals surface area (Å²) in [4.78, 5) is 2.37. The van der Waals surface area contributed by atoms with Gasteiger partial charge in [-0.3, -0.25) is 0 Å². The van der Waals surface area contributed by atoms with E-state index in [2.05, 4.69) is 148 Å². The van der Waals surface area contributed by atoms with E-state index in [9.17, 15) is 0 Å². The van der Waals surface area contributed by atoms with Crippen LogP contribution in [0.1, 0.15) is 58.1 Å². The van der Waals surface area contributed by atoms with Crippen molar-refractivity contribution in [1.82, 2.24) is 0 Å². The van der Waals surface area contributed by atoms with Gasteiger partial charge in [0.2, 0.25) is 5.69 Å². The predicted octanol–water partition coefficient (Wildman–Crippen LogP) is 10.2. The van der Waals surface area contributed by atoms with Crippen LogP contribution in [0.3, 0.4) is 0 Å². The molecule has 2 aliphatic heterocycles. The third kappa shape index (κ3) is 4.32. The first-order valence-electron chi connectivity index (χ1n) is 15.7. The van der Waals surface area contributed by atoms with Crippen molar-refractivity contribution in [2.24, 2.45) is 5.92 Å². The Balaban J connectivity index is 1.17. The highest BCUT2D eigenvalue weighted by molar-refractivity contribution is 6.23. The van der Waals surface area contributed by atoms with Gasteiger partial charge in [-0.25, -0.2) is 0 Å². The lowest BCUT2D eigenvalue weighted by atomic mass is 9.78. The van der Waals surface area contributed by atoms with Crippen LogP contribution in [0.5, 0.6) is 0 Å². The van der Waals surface area contributed by atoms with Crippen molar-refractivity contribution in [3.63, 3.8) is 0 Å². The minimum Gasteiger partial charge on any atom is -0.347 e. The lowest BCUT2D eigenvalue weighted by Crippen LogP contribution is -2.28. The second-order valence-electron chi connectivity index (χ2n) is 13.7. The molecule has 218 valence electrons. The number of nitrogens with zero attached hydrogens (tertiary/aromatic N) is 2. The maximum atomic E-state index is 7.28. The second-order valence-corrected chi connectivity index (χ2v) is 14.2. The summed E-state index contributed by atoms with van der Waals surface area (Å²) in [6.07, 6.45) is 12.8. The molecule has 3 aliphatic rings. The van der Waals surface area contributed by atoms with Crippen molar-refractivity contribution < 1.29 is 4.58 Å². The molecule has 0 radical (unpaired) electrons. The van der Waals surface area contributed by atoms with Gasteiger partial charge in [0.15, 0.2) is 5.71 Å². The zero-order valence-electron chi connectivity index (χ0n) is 26.3. The van der Waals surface area contributed by atoms with Crippen LogP contribution in [0.4, 0.5) is 11.4 Å². The molecule has 0 saturated heterocycles. The minimum atomic E-state index is -0.0910. The Kier molecular flexibility index (Phi) is 6.71. The third-order valence-corrected chi connectivity index (χ3v) is 11.1. The number of rotatable bonds is 3. The van der Waals surface area contributed by atoms with Crippen LogP contribution in [-0.4, -0.2) is 29.8 Å². The Morgan fingerprint density at radius 3 is 2.19 bits per heavy atom. The molecular weight excluding hydrogens is 544 g/mol. The van der Waals surface area contributed by atoms with Gasteiger partial charge in [0.05, 0.1) is 10.8 Å². The van der Waals surface area contributed by atoms with Crippen LogP contribution < -0.4 is 4.90 Å². The first-order valence-corrected chi connectivity index (χ1v) is 16.2. The van der Waals surface area contributed by atoms with Gasteiger partial charge in [0.25, 0.3) is 0 Å². The van der Waals surface area contributed by atoms with Crippen LogP contribution in [-0.2, 0) is 10.8 Å². The highest BCUT2D eigenvalue weighted by atomic mass is 35.5. The molecule has 0 N–H and O–H groups in total. The standard InChI is InChI=1S/C40H42ClN2/c1-39(2)34(42(5)32-22-18-26-12-7-9-16-30(26)36(32)39)24-20-28-14-11-15-29(38(28)41)21-25-35-40(3,4)37-31-17-10-8-13-27(31)19-23-33(37)43(35)6/h7-10,12-13,16-25,28,38H,11,14-15H2,1-6H3/q+1/b24-20+,29-21+,35-25-. The summed E-state index contributed by atoms with van der Waals surface area (Å²) in [6, 6.07) is 26.6. The van der Waals surface area contributed by atoms with Gasteiger partial charge in [-0.1, -0.05) is 86.2 Å². The molecule has 0 amide bonds. The molecular formula is C40H42ClN2+. The van der Waals surface area contributed by atoms with E-state index < -0.39 is 0 Å². The average Bonchev–Trinajstić information content (AvgIpc) is 3.33. The Hall–Kier alpha value is -3.62. The van der Waals surface area contributed by atoms with Crippen molar-refractivity contribution in [2.45, 2.75) is 63.2 Å². The van der Waals surface area contributed by atoms with E-state index in [4.69, 9.17) is 11.6 Å². The third-order valence-electron chi connectivity index (χ3n) is 10.5. The lowest BCUT2D eigenvalue weighted by molar-refractivity contribution is -0.401. The molecule has 0 aromatic heterocycles. The van der Waals surface area contributed by atoms with Crippen molar-refractivity contribution in [3.05, 3.63) is 119 Å². The molecule has 7 rings (SSSR count). The smallest absolute Gasteiger partial charge is 0.210 e. The lowest BCUT2D eigenvalue weighted by Gasteiger charge is -2.28. The molecule has 43 heavy (non-hydrogen) atoms. The van der Waals surface area contributed by atoms with Crippen LogP contribution in [0, 0.1) is 5.92 Å². The maximum absolute atomic E-state index is 7.28. The van der Waals surface area contributed by atoms with Gasteiger partial charge in [-0.05, 0) is 84.3 Å². The van der Waals surface area contributed by atoms with Crippen LogP contribution in [0.25, 0.3) is 21.5 Å². The van der Waals surface area contributed by atoms with Crippen molar-refractivity contribution in [2.75, 3.05) is 19.0 Å². The molecule has 1 aliphatic carbocycles. The van der Waals surface area contributed by atoms with E-state index in [1.54, 1.807) is 0 Å². The molecule has 1 saturated carbocycles. The van der Waals surface area contributed by atoms with E-state index in [0.29, 0.717) is 5.92 Å². The molecule has 2 nitrogen and oxygen atoms in total. The van der Waals surface area contributed by atoms with E-state index in [1.807, 2.05) is 0 Å². The Labute approximate surface area is 261 Å². The predicted molar refractivity (Wildman–Crippen MR) is 185 cm³/mol. The highest BCUT2D eigenvalue weighted by Gasteiger charge is 2.44. The largest absolute Gasteiger partial charge is 0.347 e. The van der Waals surface area contributed by atoms with Gasteiger partial charge in [-0.2, -0.15) is 4.58 Å². The fourth-order valence-corrected chi connectivity index (χ4v) is 8.65. The fourth-order valence-electron chi connectivity index (χ4n) is 8.26. The summed E-state index contributed by atoms with van der Waals surface area (Å²) >= 11 is 7.28. The molecule has 2 unspecified atom stereocenters. The van der Waals surface area contributed by atoms with E-state index in [0.717, 1.165) is 19.3 Å². The van der Waals surface area contributed by atoms with E-state index in [1.165, 1.54) is 61.0 Å². The molecule has 1 fully saturated rings. The maximum Gasteiger partial charge on any atom is 0.210 e. The molecule has 4 aromatic rings. The number of alkyl halides is 1. The summed E-state index contributed by atoms with van der Waals surface area (Å²) < 4.78 is 2.38. The topological polar surface area (TPSA) is 6.25 Å². The Morgan fingerprint density at radius 1 is 0.814 bits per heavy atom. The molecule has 2 atom stereocenters. The van der Waals surface area contributed by atoms with Crippen LogP contribution >= 0.6 is 11.6 Å². The van der Waals surface area contributed by atoms with Gasteiger partial charge in [0, 0.05) is 41.6 Å². The van der Waals surface area contributed by atoms with E-state index in [-0.39, 0.29) is 16.2 Å². The number of halogens is 1. The van der Waals surface area contributed by atoms with Crippen LogP contribution in [0.15, 0.2) is 108 Å². The number of benzene rings is 4. The minimum absolute atomic E-state index is 0.00139. The molecule has 4 aromatic carbocycles. The quantitative estimate of drug-likeness (QED) is 0.171. The fraction of sp³-hybridized carbons (Fsp3) is 0.325. The van der Waals surface area contributed by atoms with Gasteiger partial charge in [-0.15, -0.1) is 11.6 Å². The monoisotopic (exact) mass is 585 g/mol. The normalized spacial score (nSPS) is 24.6. The number of anilines is 1. The number of hydrogen-bond donors (Lipinski definition) is 0. The Morgan fingerprint density at radius 2 is 1.47 bits per heavy atom. The first-order chi connectivity index (χ1) is 20.6. The van der Waals surface area contributed by atoms with Crippen LogP contribution in [0.2, 0.25) is 0 Å². The molecule has 0 bridgehead atoms. The summed E-state index contributed by atoms with van der Waals surface area (Å²) in [5, 5.41) is 5.30. The molecule has 3 heteroatoms. The van der Waals surface area contributed by atoms with Crippen molar-refractivity contribution in [3.8, 4) is 0 Å². The number of likely N-dealkylation sites (N-methyl/N-ethyl adjacent to an activating group) is 1. The Bertz CT molecular complexity index is 1900. The van der Waals surface area contributed by atoms with Gasteiger partial charge < -0.3 is 4.90 Å². The van der Waals surface area contributed by atoms with Crippen molar-refractivity contribution in [1.29, 1.82) is 0 Å². The highest BCUT2D eigenvalue weighted by Crippen LogP contribution is 2.50. The zero-order valence-corrected chi connectivity index (χ0v) is 27.0. The van der Waals surface area contributed by atoms with Gasteiger partial charge >= 0.3 is 0 Å². The summed E-state index contributed by atoms with van der Waals surface area (Å²) in [5.74, 6) is 0.313. The molecule has 0 spiro atoms. The van der Waals surface area contributed by atoms with Crippen molar-refractivity contribution >= 4 is 50.2 Å². The number of allylic oxidation sites excluding steroid dienone is 6. The summed E-state index contributed by atoms with van der Waals surface area (Å²) in [7, 11) is 4.41. The number of fused-ring (bicyclic) bond motifs is 6. The zero-order chi connectivity index (χ0) is 30.1.